The van der Waals surface area contributed by atoms with E-state index in [1.54, 1.807) is 19.3 Å². The highest BCUT2D eigenvalue weighted by Crippen LogP contribution is 2.36. The van der Waals surface area contributed by atoms with Gasteiger partial charge in [-0.05, 0) is 38.1 Å². The maximum atomic E-state index is 13.2. The average Bonchev–Trinajstić information content (AvgIpc) is 3.13. The van der Waals surface area contributed by atoms with Gasteiger partial charge in [0.1, 0.15) is 5.52 Å². The Morgan fingerprint density at radius 2 is 2.00 bits per heavy atom. The number of nitrogen functional groups attached to an aromatic ring is 1. The molecule has 0 saturated carbocycles. The van der Waals surface area contributed by atoms with Gasteiger partial charge in [-0.15, -0.1) is 0 Å². The number of alkyl halides is 3. The van der Waals surface area contributed by atoms with Crippen LogP contribution in [0, 0.1) is 0 Å². The summed E-state index contributed by atoms with van der Waals surface area (Å²) in [6.07, 6.45) is -2.68. The van der Waals surface area contributed by atoms with Gasteiger partial charge < -0.3 is 26.3 Å². The van der Waals surface area contributed by atoms with E-state index in [-0.39, 0.29) is 11.9 Å². The van der Waals surface area contributed by atoms with E-state index >= 15 is 0 Å². The van der Waals surface area contributed by atoms with Crippen molar-refractivity contribution < 1.29 is 13.2 Å². The summed E-state index contributed by atoms with van der Waals surface area (Å²) in [7, 11) is 1.69. The normalized spacial score (nSPS) is 12.8. The first kappa shape index (κ1) is 20.6. The molecular weight excluding hydrogens is 383 g/mol. The second kappa shape index (κ2) is 8.06. The van der Waals surface area contributed by atoms with E-state index in [4.69, 9.17) is 5.73 Å². The van der Waals surface area contributed by atoms with Crippen molar-refractivity contribution in [3.05, 3.63) is 36.0 Å². The number of nitrogens with one attached hydrogen (secondary N) is 3. The Labute approximate surface area is 166 Å². The second-order valence-corrected chi connectivity index (χ2v) is 6.66. The van der Waals surface area contributed by atoms with Crippen molar-refractivity contribution in [3.8, 4) is 0 Å². The van der Waals surface area contributed by atoms with Crippen LogP contribution in [-0.2, 0) is 6.18 Å². The lowest BCUT2D eigenvalue weighted by atomic mass is 10.1. The molecule has 1 atom stereocenters. The van der Waals surface area contributed by atoms with Crippen LogP contribution in [-0.4, -0.2) is 41.1 Å². The summed E-state index contributed by atoms with van der Waals surface area (Å²) in [5.41, 5.74) is 7.66. The molecule has 0 fully saturated rings. The highest BCUT2D eigenvalue weighted by atomic mass is 19.4. The third-order valence-corrected chi connectivity index (χ3v) is 4.75. The van der Waals surface area contributed by atoms with Crippen molar-refractivity contribution >= 4 is 34.2 Å². The molecule has 10 heteroatoms. The zero-order chi connectivity index (χ0) is 21.2. The van der Waals surface area contributed by atoms with Gasteiger partial charge in [-0.25, -0.2) is 9.97 Å². The van der Waals surface area contributed by atoms with E-state index in [1.165, 1.54) is 12.1 Å². The molecule has 3 aromatic rings. The molecule has 0 bridgehead atoms. The van der Waals surface area contributed by atoms with E-state index in [0.29, 0.717) is 41.4 Å². The number of likely N-dealkylation sites (N-methyl/N-ethyl adjacent to an activating group) is 1. The lowest BCUT2D eigenvalue weighted by molar-refractivity contribution is -0.137. The predicted octanol–water partition coefficient (Wildman–Crippen LogP) is 3.93. The van der Waals surface area contributed by atoms with Crippen LogP contribution in [0.25, 0.3) is 11.2 Å². The average molecular weight is 407 g/mol. The summed E-state index contributed by atoms with van der Waals surface area (Å²) < 4.78 is 39.6. The van der Waals surface area contributed by atoms with Gasteiger partial charge in [-0.3, -0.25) is 0 Å². The van der Waals surface area contributed by atoms with Gasteiger partial charge in [0.25, 0.3) is 0 Å². The maximum Gasteiger partial charge on any atom is 0.416 e. The molecule has 156 valence electrons. The van der Waals surface area contributed by atoms with Gasteiger partial charge >= 0.3 is 6.18 Å². The summed E-state index contributed by atoms with van der Waals surface area (Å²) in [6.45, 7) is 4.77. The van der Waals surface area contributed by atoms with Gasteiger partial charge in [-0.1, -0.05) is 0 Å². The van der Waals surface area contributed by atoms with Crippen molar-refractivity contribution in [1.29, 1.82) is 0 Å². The molecule has 2 aromatic heterocycles. The standard InChI is InChI=1S/C19H24F3N7/c1-4-29(15-9-12(19(20,21)22)5-6-13(15)24-3)11(2)10-26-18-16(23)28-17-14(27-18)7-8-25-17/h5-9,11,24H,4,10H2,1-3H3,(H,26,27)(H3,23,25,28). The van der Waals surface area contributed by atoms with E-state index in [9.17, 15) is 13.2 Å². The van der Waals surface area contributed by atoms with Crippen molar-refractivity contribution in [2.75, 3.05) is 41.4 Å². The first-order chi connectivity index (χ1) is 13.7. The molecule has 0 saturated heterocycles. The number of H-pyrrole nitrogens is 1. The van der Waals surface area contributed by atoms with Crippen molar-refractivity contribution in [1.82, 2.24) is 15.0 Å². The molecule has 7 nitrogen and oxygen atoms in total. The predicted molar refractivity (Wildman–Crippen MR) is 110 cm³/mol. The molecule has 0 aliphatic carbocycles. The molecule has 5 N–H and O–H groups in total. The molecule has 1 unspecified atom stereocenters. The van der Waals surface area contributed by atoms with Gasteiger partial charge in [0.15, 0.2) is 17.3 Å². The number of nitrogens with zero attached hydrogens (tertiary/aromatic N) is 3. The van der Waals surface area contributed by atoms with Crippen molar-refractivity contribution in [2.24, 2.45) is 0 Å². The Morgan fingerprint density at radius 1 is 1.24 bits per heavy atom. The smallest absolute Gasteiger partial charge is 0.386 e. The summed E-state index contributed by atoms with van der Waals surface area (Å²) in [5.74, 6) is 0.697. The highest BCUT2D eigenvalue weighted by Gasteiger charge is 2.32. The molecule has 0 aliphatic heterocycles. The van der Waals surface area contributed by atoms with Crippen LogP contribution >= 0.6 is 0 Å². The summed E-state index contributed by atoms with van der Waals surface area (Å²) in [4.78, 5) is 13.5. The number of halogens is 3. The Balaban J connectivity index is 1.82. The minimum absolute atomic E-state index is 0.140. The van der Waals surface area contributed by atoms with Crippen molar-refractivity contribution in [2.45, 2.75) is 26.1 Å². The SMILES string of the molecule is CCN(c1cc(C(F)(F)F)ccc1NC)C(C)CNc1nc2cc[nH]c2nc1N. The third kappa shape index (κ3) is 4.30. The lowest BCUT2D eigenvalue weighted by Crippen LogP contribution is -2.38. The molecule has 0 radical (unpaired) electrons. The number of aromatic amines is 1. The zero-order valence-electron chi connectivity index (χ0n) is 16.4. The van der Waals surface area contributed by atoms with E-state index in [2.05, 4.69) is 25.6 Å². The van der Waals surface area contributed by atoms with Crippen LogP contribution in [0.15, 0.2) is 30.5 Å². The monoisotopic (exact) mass is 407 g/mol. The van der Waals surface area contributed by atoms with Crippen molar-refractivity contribution in [3.63, 3.8) is 0 Å². The van der Waals surface area contributed by atoms with E-state index in [1.807, 2.05) is 18.7 Å². The van der Waals surface area contributed by atoms with E-state index < -0.39 is 11.7 Å². The second-order valence-electron chi connectivity index (χ2n) is 6.66. The molecule has 29 heavy (non-hydrogen) atoms. The number of hydrogen-bond acceptors (Lipinski definition) is 6. The largest absolute Gasteiger partial charge is 0.416 e. The quantitative estimate of drug-likeness (QED) is 0.474. The Kier molecular flexibility index (Phi) is 5.71. The summed E-state index contributed by atoms with van der Waals surface area (Å²) in [6, 6.07) is 5.35. The highest BCUT2D eigenvalue weighted by molar-refractivity contribution is 5.77. The van der Waals surface area contributed by atoms with Gasteiger partial charge in [-0.2, -0.15) is 13.2 Å². The Bertz CT molecular complexity index is 984. The molecule has 0 amide bonds. The summed E-state index contributed by atoms with van der Waals surface area (Å²) in [5, 5.41) is 6.13. The Morgan fingerprint density at radius 3 is 2.66 bits per heavy atom. The maximum absolute atomic E-state index is 13.2. The number of fused-ring (bicyclic) bond motifs is 1. The number of benzene rings is 1. The fraction of sp³-hybridized carbons (Fsp3) is 0.368. The number of anilines is 4. The topological polar surface area (TPSA) is 94.9 Å². The van der Waals surface area contributed by atoms with Crippen LogP contribution in [0.1, 0.15) is 19.4 Å². The number of hydrogen-bond donors (Lipinski definition) is 4. The minimum Gasteiger partial charge on any atom is -0.386 e. The van der Waals surface area contributed by atoms with Crippen LogP contribution in [0.4, 0.5) is 36.2 Å². The van der Waals surface area contributed by atoms with Crippen LogP contribution in [0.2, 0.25) is 0 Å². The van der Waals surface area contributed by atoms with Crippen LogP contribution in [0.3, 0.4) is 0 Å². The first-order valence-electron chi connectivity index (χ1n) is 9.24. The number of nitrogens with two attached hydrogens (primary N) is 1. The van der Waals surface area contributed by atoms with Gasteiger partial charge in [0.05, 0.1) is 16.9 Å². The fourth-order valence-electron chi connectivity index (χ4n) is 3.24. The van der Waals surface area contributed by atoms with Crippen LogP contribution in [0.5, 0.6) is 0 Å². The molecule has 2 heterocycles. The first-order valence-corrected chi connectivity index (χ1v) is 9.24. The molecular formula is C19H24F3N7. The Hall–Kier alpha value is -3.17. The van der Waals surface area contributed by atoms with Crippen LogP contribution < -0.4 is 21.3 Å². The van der Waals surface area contributed by atoms with Gasteiger partial charge in [0.2, 0.25) is 0 Å². The minimum atomic E-state index is -4.40. The fourth-order valence-corrected chi connectivity index (χ4v) is 3.24. The van der Waals surface area contributed by atoms with Gasteiger partial charge in [0, 0.05) is 32.4 Å². The molecule has 1 aromatic carbocycles. The zero-order valence-corrected chi connectivity index (χ0v) is 16.4. The van der Waals surface area contributed by atoms with E-state index in [0.717, 1.165) is 6.07 Å². The summed E-state index contributed by atoms with van der Waals surface area (Å²) >= 11 is 0. The number of aromatic nitrogens is 3. The third-order valence-electron chi connectivity index (χ3n) is 4.75. The molecule has 3 rings (SSSR count). The molecule has 0 aliphatic rings. The number of rotatable bonds is 7. The lowest BCUT2D eigenvalue weighted by Gasteiger charge is -2.32. The molecule has 0 spiro atoms.